The Kier molecular flexibility index (Phi) is 2.94. The summed E-state index contributed by atoms with van der Waals surface area (Å²) in [6.45, 7) is 1.30. The maximum Gasteiger partial charge on any atom is 0.416 e. The first-order valence-corrected chi connectivity index (χ1v) is 5.03. The minimum absolute atomic E-state index is 0.0496. The maximum atomic E-state index is 12.6. The summed E-state index contributed by atoms with van der Waals surface area (Å²) in [5.41, 5.74) is -0.465. The second-order valence-corrected chi connectivity index (χ2v) is 3.70. The number of alkyl halides is 3. The third-order valence-corrected chi connectivity index (χ3v) is 2.40. The van der Waals surface area contributed by atoms with Crippen LogP contribution in [0, 0.1) is 0 Å². The molecule has 2 aromatic rings. The van der Waals surface area contributed by atoms with Crippen LogP contribution in [0.4, 0.5) is 13.2 Å². The van der Waals surface area contributed by atoms with Crippen molar-refractivity contribution < 1.29 is 22.5 Å². The van der Waals surface area contributed by atoms with Crippen molar-refractivity contribution >= 4 is 5.78 Å². The Morgan fingerprint density at radius 1 is 1.33 bits per heavy atom. The third-order valence-electron chi connectivity index (χ3n) is 2.40. The fraction of sp³-hybridized carbons (Fsp3) is 0.167. The zero-order valence-electron chi connectivity index (χ0n) is 9.28. The molecule has 0 atom stereocenters. The fourth-order valence-corrected chi connectivity index (χ4v) is 1.54. The van der Waals surface area contributed by atoms with Gasteiger partial charge in [0.05, 0.1) is 17.3 Å². The summed E-state index contributed by atoms with van der Waals surface area (Å²) < 4.78 is 42.5. The van der Waals surface area contributed by atoms with Crippen LogP contribution in [0.2, 0.25) is 0 Å². The lowest BCUT2D eigenvalue weighted by molar-refractivity contribution is -0.137. The Bertz CT molecular complexity index is 587. The molecule has 2 rings (SSSR count). The van der Waals surface area contributed by atoms with E-state index >= 15 is 0 Å². The number of ketones is 1. The average Bonchev–Trinajstić information content (AvgIpc) is 2.77. The molecule has 0 radical (unpaired) electrons. The molecule has 6 heteroatoms. The molecule has 0 N–H and O–H groups in total. The minimum atomic E-state index is -4.44. The first kappa shape index (κ1) is 12.3. The van der Waals surface area contributed by atoms with Gasteiger partial charge < -0.3 is 4.52 Å². The van der Waals surface area contributed by atoms with Crippen molar-refractivity contribution in [1.82, 2.24) is 5.16 Å². The number of benzene rings is 1. The van der Waals surface area contributed by atoms with E-state index in [-0.39, 0.29) is 22.7 Å². The van der Waals surface area contributed by atoms with Crippen LogP contribution >= 0.6 is 0 Å². The van der Waals surface area contributed by atoms with E-state index in [1.807, 2.05) is 0 Å². The van der Waals surface area contributed by atoms with Crippen LogP contribution in [0.15, 0.2) is 35.0 Å². The molecular formula is C12H8F3NO2. The van der Waals surface area contributed by atoms with Crippen LogP contribution in [0.25, 0.3) is 11.3 Å². The van der Waals surface area contributed by atoms with Crippen LogP contribution in [-0.4, -0.2) is 10.9 Å². The molecule has 0 saturated carbocycles. The highest BCUT2D eigenvalue weighted by Gasteiger charge is 2.31. The van der Waals surface area contributed by atoms with Gasteiger partial charge in [-0.05, 0) is 19.1 Å². The summed E-state index contributed by atoms with van der Waals surface area (Å²) in [5.74, 6) is -0.266. The predicted octanol–water partition coefficient (Wildman–Crippen LogP) is 3.56. The highest BCUT2D eigenvalue weighted by molar-refractivity contribution is 5.99. The van der Waals surface area contributed by atoms with Gasteiger partial charge in [0.2, 0.25) is 0 Å². The second kappa shape index (κ2) is 4.29. The zero-order chi connectivity index (χ0) is 13.3. The SMILES string of the molecule is CC(=O)c1cnoc1-c1cccc(C(F)(F)F)c1. The molecule has 0 aliphatic heterocycles. The monoisotopic (exact) mass is 255 g/mol. The quantitative estimate of drug-likeness (QED) is 0.770. The Balaban J connectivity index is 2.52. The van der Waals surface area contributed by atoms with Gasteiger partial charge in [0, 0.05) is 5.56 Å². The van der Waals surface area contributed by atoms with Gasteiger partial charge >= 0.3 is 6.18 Å². The van der Waals surface area contributed by atoms with Gasteiger partial charge in [-0.1, -0.05) is 17.3 Å². The number of aromatic nitrogens is 1. The highest BCUT2D eigenvalue weighted by atomic mass is 19.4. The summed E-state index contributed by atoms with van der Waals surface area (Å²) in [4.78, 5) is 11.3. The lowest BCUT2D eigenvalue weighted by atomic mass is 10.0. The molecule has 1 aromatic carbocycles. The Labute approximate surface area is 100 Å². The first-order valence-electron chi connectivity index (χ1n) is 5.03. The van der Waals surface area contributed by atoms with Gasteiger partial charge in [-0.25, -0.2) is 0 Å². The summed E-state index contributed by atoms with van der Waals surface area (Å²) >= 11 is 0. The Morgan fingerprint density at radius 2 is 2.06 bits per heavy atom. The number of nitrogens with zero attached hydrogens (tertiary/aromatic N) is 1. The number of hydrogen-bond donors (Lipinski definition) is 0. The van der Waals surface area contributed by atoms with Crippen molar-refractivity contribution in [3.63, 3.8) is 0 Å². The molecule has 0 bridgehead atoms. The maximum absolute atomic E-state index is 12.6. The molecule has 0 amide bonds. The van der Waals surface area contributed by atoms with Gasteiger partial charge in [0.25, 0.3) is 0 Å². The number of rotatable bonds is 2. The van der Waals surface area contributed by atoms with E-state index in [9.17, 15) is 18.0 Å². The van der Waals surface area contributed by atoms with Crippen molar-refractivity contribution in [2.24, 2.45) is 0 Å². The molecular weight excluding hydrogens is 247 g/mol. The molecule has 94 valence electrons. The normalized spacial score (nSPS) is 11.6. The van der Waals surface area contributed by atoms with E-state index in [1.54, 1.807) is 0 Å². The van der Waals surface area contributed by atoms with Crippen molar-refractivity contribution in [2.45, 2.75) is 13.1 Å². The van der Waals surface area contributed by atoms with E-state index in [0.717, 1.165) is 12.1 Å². The lowest BCUT2D eigenvalue weighted by Gasteiger charge is -2.07. The Hall–Kier alpha value is -2.11. The average molecular weight is 255 g/mol. The van der Waals surface area contributed by atoms with Gasteiger partial charge in [-0.3, -0.25) is 4.79 Å². The van der Waals surface area contributed by atoms with Crippen LogP contribution in [0.5, 0.6) is 0 Å². The molecule has 18 heavy (non-hydrogen) atoms. The van der Waals surface area contributed by atoms with Gasteiger partial charge in [-0.2, -0.15) is 13.2 Å². The zero-order valence-corrected chi connectivity index (χ0v) is 9.28. The van der Waals surface area contributed by atoms with Crippen LogP contribution in [0.3, 0.4) is 0 Å². The highest BCUT2D eigenvalue weighted by Crippen LogP contribution is 2.33. The topological polar surface area (TPSA) is 43.1 Å². The number of Topliss-reactive ketones (excluding diaryl/α,β-unsaturated/α-hetero) is 1. The summed E-state index contributed by atoms with van der Waals surface area (Å²) in [5, 5.41) is 3.43. The van der Waals surface area contributed by atoms with E-state index in [1.165, 1.54) is 25.3 Å². The molecule has 0 fully saturated rings. The smallest absolute Gasteiger partial charge is 0.356 e. The molecule has 0 unspecified atom stereocenters. The third kappa shape index (κ3) is 2.27. The Morgan fingerprint density at radius 3 is 2.67 bits per heavy atom. The van der Waals surface area contributed by atoms with E-state index < -0.39 is 11.7 Å². The molecule has 1 heterocycles. The van der Waals surface area contributed by atoms with E-state index in [0.29, 0.717) is 0 Å². The van der Waals surface area contributed by atoms with Gasteiger partial charge in [0.15, 0.2) is 11.5 Å². The molecule has 0 saturated heterocycles. The number of carbonyl (C=O) groups excluding carboxylic acids is 1. The van der Waals surface area contributed by atoms with Crippen molar-refractivity contribution in [3.8, 4) is 11.3 Å². The first-order chi connectivity index (χ1) is 8.39. The predicted molar refractivity (Wildman–Crippen MR) is 56.9 cm³/mol. The summed E-state index contributed by atoms with van der Waals surface area (Å²) in [6.07, 6.45) is -3.25. The molecule has 0 aliphatic rings. The van der Waals surface area contributed by atoms with E-state index in [4.69, 9.17) is 4.52 Å². The van der Waals surface area contributed by atoms with Crippen molar-refractivity contribution in [2.75, 3.05) is 0 Å². The number of hydrogen-bond acceptors (Lipinski definition) is 3. The van der Waals surface area contributed by atoms with Gasteiger partial charge in [0.1, 0.15) is 0 Å². The minimum Gasteiger partial charge on any atom is -0.356 e. The largest absolute Gasteiger partial charge is 0.416 e. The standard InChI is InChI=1S/C12H8F3NO2/c1-7(17)10-6-16-18-11(10)8-3-2-4-9(5-8)12(13,14)15/h2-6H,1H3. The lowest BCUT2D eigenvalue weighted by Crippen LogP contribution is -2.04. The van der Waals surface area contributed by atoms with Crippen LogP contribution < -0.4 is 0 Å². The van der Waals surface area contributed by atoms with Crippen molar-refractivity contribution in [1.29, 1.82) is 0 Å². The van der Waals surface area contributed by atoms with Crippen LogP contribution in [0.1, 0.15) is 22.8 Å². The summed E-state index contributed by atoms with van der Waals surface area (Å²) in [7, 11) is 0. The number of halogens is 3. The molecule has 0 aliphatic carbocycles. The molecule has 1 aromatic heterocycles. The van der Waals surface area contributed by atoms with Crippen molar-refractivity contribution in [3.05, 3.63) is 41.6 Å². The van der Waals surface area contributed by atoms with Gasteiger partial charge in [-0.15, -0.1) is 0 Å². The molecule has 3 nitrogen and oxygen atoms in total. The fourth-order valence-electron chi connectivity index (χ4n) is 1.54. The second-order valence-electron chi connectivity index (χ2n) is 3.70. The van der Waals surface area contributed by atoms with Crippen LogP contribution in [-0.2, 0) is 6.18 Å². The number of carbonyl (C=O) groups is 1. The van der Waals surface area contributed by atoms with E-state index in [2.05, 4.69) is 5.16 Å². The molecule has 0 spiro atoms. The summed E-state index contributed by atoms with van der Waals surface area (Å²) in [6, 6.07) is 4.56.